The number of nitrogens with zero attached hydrogens (tertiary/aromatic N) is 5. The minimum Gasteiger partial charge on any atom is -0.350 e. The third kappa shape index (κ3) is 4.93. The van der Waals surface area contributed by atoms with Crippen LogP contribution in [0.15, 0.2) is 78.0 Å². The summed E-state index contributed by atoms with van der Waals surface area (Å²) in [5.74, 6) is 1.14. The minimum atomic E-state index is -0.454. The first kappa shape index (κ1) is 24.6. The first-order chi connectivity index (χ1) is 17.0. The van der Waals surface area contributed by atoms with Crippen LogP contribution >= 0.6 is 12.4 Å². The van der Waals surface area contributed by atoms with Crippen molar-refractivity contribution in [2.45, 2.75) is 19.9 Å². The first-order valence-electron chi connectivity index (χ1n) is 11.0. The second kappa shape index (κ2) is 10.4. The molecule has 4 heterocycles. The Kier molecular flexibility index (Phi) is 7.07. The maximum atomic E-state index is 13.0. The largest absolute Gasteiger partial charge is 0.350 e. The fourth-order valence-corrected chi connectivity index (χ4v) is 3.72. The highest BCUT2D eigenvalue weighted by Gasteiger charge is 2.15. The molecule has 5 rings (SSSR count). The maximum Gasteiger partial charge on any atom is 0.273 e. The smallest absolute Gasteiger partial charge is 0.273 e. The van der Waals surface area contributed by atoms with Gasteiger partial charge < -0.3 is 20.2 Å². The van der Waals surface area contributed by atoms with Crippen molar-refractivity contribution >= 4 is 46.5 Å². The Balaban J connectivity index is 0.00000304. The molecule has 0 bridgehead atoms. The lowest BCUT2D eigenvalue weighted by molar-refractivity contribution is 0.102. The third-order valence-corrected chi connectivity index (χ3v) is 5.38. The van der Waals surface area contributed by atoms with Crippen LogP contribution in [0, 0.1) is 0 Å². The summed E-state index contributed by atoms with van der Waals surface area (Å²) < 4.78 is 1.94. The number of carbonyl (C=O) groups excluding carboxylic acids is 1. The summed E-state index contributed by atoms with van der Waals surface area (Å²) in [5, 5.41) is 14.5. The van der Waals surface area contributed by atoms with Gasteiger partial charge in [-0.1, -0.05) is 18.2 Å². The molecule has 0 saturated carbocycles. The van der Waals surface area contributed by atoms with E-state index in [1.165, 1.54) is 6.07 Å². The zero-order valence-corrected chi connectivity index (χ0v) is 20.3. The fourth-order valence-electron chi connectivity index (χ4n) is 3.72. The number of halogens is 1. The van der Waals surface area contributed by atoms with E-state index in [9.17, 15) is 9.59 Å². The van der Waals surface area contributed by atoms with Gasteiger partial charge in [-0.3, -0.25) is 9.59 Å². The second-order valence-electron chi connectivity index (χ2n) is 8.13. The Hall–Kier alpha value is -4.57. The number of benzene rings is 1. The summed E-state index contributed by atoms with van der Waals surface area (Å²) in [5.41, 5.74) is 1.57. The van der Waals surface area contributed by atoms with Gasteiger partial charge in [0.2, 0.25) is 0 Å². The molecule has 3 N–H and O–H groups in total. The average molecular weight is 503 g/mol. The van der Waals surface area contributed by atoms with Gasteiger partial charge in [0.1, 0.15) is 29.4 Å². The molecule has 0 atom stereocenters. The van der Waals surface area contributed by atoms with Crippen LogP contribution in [0.2, 0.25) is 0 Å². The van der Waals surface area contributed by atoms with Crippen molar-refractivity contribution in [3.8, 4) is 11.5 Å². The van der Waals surface area contributed by atoms with Gasteiger partial charge in [-0.25, -0.2) is 9.97 Å². The normalized spacial score (nSPS) is 10.8. The van der Waals surface area contributed by atoms with Crippen molar-refractivity contribution in [3.63, 3.8) is 0 Å². The number of anilines is 3. The van der Waals surface area contributed by atoms with Crippen molar-refractivity contribution < 1.29 is 4.79 Å². The number of fused-ring (bicyclic) bond motifs is 1. The highest BCUT2D eigenvalue weighted by Crippen LogP contribution is 2.25. The van der Waals surface area contributed by atoms with Gasteiger partial charge in [0.15, 0.2) is 11.3 Å². The molecule has 0 aliphatic rings. The molecule has 36 heavy (non-hydrogen) atoms. The standard InChI is InChI=1S/C25H22N8O2.ClH/c1-15(2)33-14-27-32-24(33)18-9-6-11-22(30-18)29-17-8-5-7-16-23(17)20(34)13-19(28-16)25(35)31-21-10-3-4-12-26-21;/h3-15H,1-2H3,(H,28,34)(H,29,30)(H,26,31,35);1H. The Morgan fingerprint density at radius 2 is 1.83 bits per heavy atom. The van der Waals surface area contributed by atoms with E-state index in [0.29, 0.717) is 39.7 Å². The topological polar surface area (TPSA) is 130 Å². The van der Waals surface area contributed by atoms with E-state index in [1.807, 2.05) is 30.5 Å². The fraction of sp³-hybridized carbons (Fsp3) is 0.120. The molecule has 0 aliphatic carbocycles. The van der Waals surface area contributed by atoms with E-state index < -0.39 is 5.91 Å². The number of H-pyrrole nitrogens is 1. The average Bonchev–Trinajstić information content (AvgIpc) is 3.35. The van der Waals surface area contributed by atoms with Crippen LogP contribution in [0.4, 0.5) is 17.3 Å². The number of aromatic amines is 1. The van der Waals surface area contributed by atoms with Crippen molar-refractivity contribution in [1.82, 2.24) is 29.7 Å². The van der Waals surface area contributed by atoms with Crippen LogP contribution in [0.5, 0.6) is 0 Å². The molecule has 0 fully saturated rings. The molecule has 1 amide bonds. The summed E-state index contributed by atoms with van der Waals surface area (Å²) >= 11 is 0. The molecule has 4 aromatic heterocycles. The molecule has 0 saturated heterocycles. The number of aromatic nitrogens is 6. The molecule has 182 valence electrons. The van der Waals surface area contributed by atoms with Gasteiger partial charge in [-0.15, -0.1) is 22.6 Å². The zero-order valence-electron chi connectivity index (χ0n) is 19.5. The van der Waals surface area contributed by atoms with Crippen molar-refractivity contribution in [2.75, 3.05) is 10.6 Å². The summed E-state index contributed by atoms with van der Waals surface area (Å²) in [6.07, 6.45) is 3.25. The van der Waals surface area contributed by atoms with Gasteiger partial charge in [0.05, 0.1) is 16.6 Å². The van der Waals surface area contributed by atoms with E-state index in [0.717, 1.165) is 0 Å². The highest BCUT2D eigenvalue weighted by molar-refractivity contribution is 6.04. The lowest BCUT2D eigenvalue weighted by Gasteiger charge is -2.12. The molecule has 0 radical (unpaired) electrons. The molecule has 0 aliphatic heterocycles. The summed E-state index contributed by atoms with van der Waals surface area (Å²) in [6, 6.07) is 17.5. The van der Waals surface area contributed by atoms with Gasteiger partial charge in [0, 0.05) is 18.3 Å². The SMILES string of the molecule is CC(C)n1cnnc1-c1cccc(Nc2cccc3[nH]c(C(=O)Nc4ccccn4)cc(=O)c23)n1.Cl. The lowest BCUT2D eigenvalue weighted by atomic mass is 10.1. The van der Waals surface area contributed by atoms with Crippen LogP contribution in [-0.4, -0.2) is 35.6 Å². The number of hydrogen-bond donors (Lipinski definition) is 3. The van der Waals surface area contributed by atoms with Gasteiger partial charge >= 0.3 is 0 Å². The van der Waals surface area contributed by atoms with E-state index in [2.05, 4.69) is 35.8 Å². The second-order valence-corrected chi connectivity index (χ2v) is 8.13. The van der Waals surface area contributed by atoms with E-state index in [-0.39, 0.29) is 29.6 Å². The Labute approximate surface area is 212 Å². The van der Waals surface area contributed by atoms with Crippen molar-refractivity contribution in [2.24, 2.45) is 0 Å². The molecular formula is C25H23ClN8O2. The van der Waals surface area contributed by atoms with Crippen LogP contribution in [0.3, 0.4) is 0 Å². The van der Waals surface area contributed by atoms with Gasteiger partial charge in [0.25, 0.3) is 5.91 Å². The number of amides is 1. The van der Waals surface area contributed by atoms with Crippen LogP contribution in [-0.2, 0) is 0 Å². The number of rotatable bonds is 6. The van der Waals surface area contributed by atoms with Crippen LogP contribution in [0.1, 0.15) is 30.4 Å². The number of carbonyl (C=O) groups is 1. The van der Waals surface area contributed by atoms with E-state index >= 15 is 0 Å². The van der Waals surface area contributed by atoms with Crippen molar-refractivity contribution in [1.29, 1.82) is 0 Å². The maximum absolute atomic E-state index is 13.0. The molecular weight excluding hydrogens is 480 g/mol. The van der Waals surface area contributed by atoms with Crippen LogP contribution < -0.4 is 16.1 Å². The zero-order chi connectivity index (χ0) is 24.4. The summed E-state index contributed by atoms with van der Waals surface area (Å²) in [7, 11) is 0. The van der Waals surface area contributed by atoms with Crippen LogP contribution in [0.25, 0.3) is 22.4 Å². The summed E-state index contributed by atoms with van der Waals surface area (Å²) in [4.78, 5) is 37.5. The molecule has 0 spiro atoms. The first-order valence-corrected chi connectivity index (χ1v) is 11.0. The highest BCUT2D eigenvalue weighted by atomic mass is 35.5. The number of pyridine rings is 3. The molecule has 1 aromatic carbocycles. The molecule has 10 nitrogen and oxygen atoms in total. The predicted molar refractivity (Wildman–Crippen MR) is 141 cm³/mol. The summed E-state index contributed by atoms with van der Waals surface area (Å²) in [6.45, 7) is 4.09. The minimum absolute atomic E-state index is 0. The third-order valence-electron chi connectivity index (χ3n) is 5.38. The molecule has 11 heteroatoms. The van der Waals surface area contributed by atoms with Gasteiger partial charge in [-0.2, -0.15) is 0 Å². The quantitative estimate of drug-likeness (QED) is 0.310. The van der Waals surface area contributed by atoms with E-state index in [4.69, 9.17) is 0 Å². The predicted octanol–water partition coefficient (Wildman–Crippen LogP) is 4.58. The molecule has 5 aromatic rings. The van der Waals surface area contributed by atoms with Crippen molar-refractivity contribution in [3.05, 3.63) is 89.1 Å². The number of hydrogen-bond acceptors (Lipinski definition) is 7. The monoisotopic (exact) mass is 502 g/mol. The lowest BCUT2D eigenvalue weighted by Crippen LogP contribution is -2.18. The molecule has 0 unspecified atom stereocenters. The van der Waals surface area contributed by atoms with Gasteiger partial charge in [-0.05, 0) is 50.2 Å². The Bertz CT molecular complexity index is 1580. The number of nitrogens with one attached hydrogen (secondary N) is 3. The van der Waals surface area contributed by atoms with E-state index in [1.54, 1.807) is 55.0 Å². The Morgan fingerprint density at radius 3 is 2.61 bits per heavy atom. The Morgan fingerprint density at radius 1 is 1.03 bits per heavy atom.